The molecule has 3 fully saturated rings. The number of carbonyl (C=O) groups is 2. The number of carbonyl (C=O) groups excluding carboxylic acids is 2. The van der Waals surface area contributed by atoms with Gasteiger partial charge in [-0.2, -0.15) is 0 Å². The maximum absolute atomic E-state index is 13.1. The third-order valence-corrected chi connectivity index (χ3v) is 7.42. The molecule has 1 saturated carbocycles. The summed E-state index contributed by atoms with van der Waals surface area (Å²) in [5, 5.41) is 2.38. The molecular weight excluding hydrogens is 380 g/mol. The number of likely N-dealkylation sites (tertiary alicyclic amines) is 1. The first-order valence-electron chi connectivity index (χ1n) is 11.3. The molecule has 160 valence electrons. The molecule has 1 N–H and O–H groups in total. The first-order valence-corrected chi connectivity index (χ1v) is 11.3. The van der Waals surface area contributed by atoms with Gasteiger partial charge in [0.15, 0.2) is 0 Å². The summed E-state index contributed by atoms with van der Waals surface area (Å²) < 4.78 is 3.28. The quantitative estimate of drug-likeness (QED) is 0.785. The van der Waals surface area contributed by atoms with Gasteiger partial charge in [0, 0.05) is 20.0 Å². The van der Waals surface area contributed by atoms with Gasteiger partial charge in [0.25, 0.3) is 0 Å². The summed E-state index contributed by atoms with van der Waals surface area (Å²) in [5.74, 6) is 0.678. The highest BCUT2D eigenvalue weighted by molar-refractivity contribution is 6.00. The topological polar surface area (TPSA) is 76.3 Å². The Bertz CT molecular complexity index is 1040. The van der Waals surface area contributed by atoms with Crippen LogP contribution in [0.5, 0.6) is 0 Å². The predicted octanol–water partition coefficient (Wildman–Crippen LogP) is 2.30. The van der Waals surface area contributed by atoms with Crippen molar-refractivity contribution in [3.8, 4) is 0 Å². The zero-order valence-corrected chi connectivity index (χ0v) is 17.6. The van der Waals surface area contributed by atoms with Crippen molar-refractivity contribution in [1.29, 1.82) is 0 Å². The maximum atomic E-state index is 13.1. The molecule has 1 aliphatic carbocycles. The number of hydrogen-bond donors (Lipinski definition) is 1. The van der Waals surface area contributed by atoms with Crippen molar-refractivity contribution in [2.24, 2.45) is 13.0 Å². The molecule has 0 radical (unpaired) electrons. The Balaban J connectivity index is 1.44. The lowest BCUT2D eigenvalue weighted by Gasteiger charge is -2.37. The molecule has 1 unspecified atom stereocenters. The number of imide groups is 1. The van der Waals surface area contributed by atoms with Crippen LogP contribution in [-0.4, -0.2) is 45.5 Å². The molecule has 1 atom stereocenters. The van der Waals surface area contributed by atoms with Crippen molar-refractivity contribution in [2.75, 3.05) is 19.6 Å². The second kappa shape index (κ2) is 7.69. The van der Waals surface area contributed by atoms with Crippen LogP contribution in [0.4, 0.5) is 0 Å². The predicted molar refractivity (Wildman–Crippen MR) is 114 cm³/mol. The van der Waals surface area contributed by atoms with Crippen LogP contribution in [0, 0.1) is 5.92 Å². The second-order valence-electron chi connectivity index (χ2n) is 9.27. The van der Waals surface area contributed by atoms with E-state index in [2.05, 4.69) is 16.3 Å². The van der Waals surface area contributed by atoms with E-state index < -0.39 is 6.04 Å². The minimum Gasteiger partial charge on any atom is -0.303 e. The van der Waals surface area contributed by atoms with Crippen LogP contribution in [-0.2, 0) is 16.6 Å². The third kappa shape index (κ3) is 3.29. The Labute approximate surface area is 176 Å². The van der Waals surface area contributed by atoms with Crippen LogP contribution < -0.4 is 11.0 Å². The van der Waals surface area contributed by atoms with E-state index in [1.165, 1.54) is 31.4 Å². The van der Waals surface area contributed by atoms with E-state index in [-0.39, 0.29) is 23.9 Å². The third-order valence-electron chi connectivity index (χ3n) is 7.42. The van der Waals surface area contributed by atoms with E-state index in [0.717, 1.165) is 42.9 Å². The molecule has 2 amide bonds. The normalized spacial score (nSPS) is 24.2. The molecule has 7 heteroatoms. The number of amides is 2. The lowest BCUT2D eigenvalue weighted by molar-refractivity contribution is -0.135. The van der Waals surface area contributed by atoms with Crippen molar-refractivity contribution in [2.45, 2.75) is 56.9 Å². The van der Waals surface area contributed by atoms with Crippen molar-refractivity contribution in [1.82, 2.24) is 19.4 Å². The SMILES string of the molecule is Cn1c(=O)n(C2CCC(=O)NC2=O)c2cccc(C3CCN(CC4CCC4)CC3)c21. The Morgan fingerprint density at radius 1 is 1.03 bits per heavy atom. The summed E-state index contributed by atoms with van der Waals surface area (Å²) in [6.45, 7) is 3.46. The molecule has 2 aliphatic heterocycles. The van der Waals surface area contributed by atoms with Crippen LogP contribution >= 0.6 is 0 Å². The number of nitrogens with zero attached hydrogens (tertiary/aromatic N) is 3. The molecule has 3 heterocycles. The summed E-state index contributed by atoms with van der Waals surface area (Å²) in [6.07, 6.45) is 6.99. The lowest BCUT2D eigenvalue weighted by Crippen LogP contribution is -2.44. The number of rotatable bonds is 4. The van der Waals surface area contributed by atoms with Gasteiger partial charge in [0.2, 0.25) is 11.8 Å². The fourth-order valence-corrected chi connectivity index (χ4v) is 5.50. The molecule has 3 aliphatic rings. The van der Waals surface area contributed by atoms with Gasteiger partial charge in [-0.25, -0.2) is 4.79 Å². The van der Waals surface area contributed by atoms with Crippen molar-refractivity contribution < 1.29 is 9.59 Å². The molecular formula is C23H30N4O3. The van der Waals surface area contributed by atoms with E-state index in [1.54, 1.807) is 16.2 Å². The van der Waals surface area contributed by atoms with Gasteiger partial charge in [-0.1, -0.05) is 18.6 Å². The summed E-state index contributed by atoms with van der Waals surface area (Å²) in [5.41, 5.74) is 2.76. The van der Waals surface area contributed by atoms with Gasteiger partial charge < -0.3 is 4.90 Å². The largest absolute Gasteiger partial charge is 0.329 e. The Hall–Kier alpha value is -2.41. The van der Waals surface area contributed by atoms with Crippen molar-refractivity contribution >= 4 is 22.8 Å². The van der Waals surface area contributed by atoms with Crippen LogP contribution in [0.2, 0.25) is 0 Å². The maximum Gasteiger partial charge on any atom is 0.329 e. The average Bonchev–Trinajstić information content (AvgIpc) is 2.96. The summed E-state index contributed by atoms with van der Waals surface area (Å²) in [7, 11) is 1.79. The van der Waals surface area contributed by atoms with Gasteiger partial charge in [-0.05, 0) is 68.7 Å². The van der Waals surface area contributed by atoms with Gasteiger partial charge in [-0.15, -0.1) is 0 Å². The van der Waals surface area contributed by atoms with Gasteiger partial charge in [-0.3, -0.25) is 24.0 Å². The minimum atomic E-state index is -0.626. The van der Waals surface area contributed by atoms with Gasteiger partial charge >= 0.3 is 5.69 Å². The number of piperidine rings is 2. The first kappa shape index (κ1) is 19.5. The number of para-hydroxylation sites is 1. The average molecular weight is 411 g/mol. The van der Waals surface area contributed by atoms with Crippen LogP contribution in [0.1, 0.15) is 62.5 Å². The molecule has 30 heavy (non-hydrogen) atoms. The first-order chi connectivity index (χ1) is 14.5. The molecule has 1 aromatic carbocycles. The fraction of sp³-hybridized carbons (Fsp3) is 0.609. The Kier molecular flexibility index (Phi) is 5.01. The standard InChI is InChI=1S/C23H30N4O3/c1-25-21-17(16-10-12-26(13-11-16)14-15-4-2-5-15)6-3-7-18(21)27(23(25)30)19-8-9-20(28)24-22(19)29/h3,6-7,15-16,19H,2,4-5,8-14H2,1H3,(H,24,28,29). The molecule has 5 rings (SSSR count). The van der Waals surface area contributed by atoms with E-state index in [1.807, 2.05) is 12.1 Å². The highest BCUT2D eigenvalue weighted by atomic mass is 16.2. The van der Waals surface area contributed by atoms with Gasteiger partial charge in [0.1, 0.15) is 6.04 Å². The minimum absolute atomic E-state index is 0.186. The summed E-state index contributed by atoms with van der Waals surface area (Å²) in [4.78, 5) is 39.7. The zero-order valence-electron chi connectivity index (χ0n) is 17.6. The highest BCUT2D eigenvalue weighted by Gasteiger charge is 2.33. The number of benzene rings is 1. The monoisotopic (exact) mass is 410 g/mol. The summed E-state index contributed by atoms with van der Waals surface area (Å²) >= 11 is 0. The number of imidazole rings is 1. The molecule has 0 bridgehead atoms. The van der Waals surface area contributed by atoms with Crippen LogP contribution in [0.3, 0.4) is 0 Å². The zero-order chi connectivity index (χ0) is 20.8. The molecule has 1 aromatic heterocycles. The number of nitrogens with one attached hydrogen (secondary N) is 1. The second-order valence-corrected chi connectivity index (χ2v) is 9.27. The number of hydrogen-bond acceptors (Lipinski definition) is 4. The van der Waals surface area contributed by atoms with Crippen molar-refractivity contribution in [3.05, 3.63) is 34.2 Å². The smallest absolute Gasteiger partial charge is 0.303 e. The van der Waals surface area contributed by atoms with Crippen LogP contribution in [0.15, 0.2) is 23.0 Å². The van der Waals surface area contributed by atoms with Crippen LogP contribution in [0.25, 0.3) is 11.0 Å². The molecule has 0 spiro atoms. The summed E-state index contributed by atoms with van der Waals surface area (Å²) in [6, 6.07) is 5.44. The fourth-order valence-electron chi connectivity index (χ4n) is 5.50. The number of aryl methyl sites for hydroxylation is 1. The molecule has 2 saturated heterocycles. The van der Waals surface area contributed by atoms with E-state index >= 15 is 0 Å². The Morgan fingerprint density at radius 2 is 1.80 bits per heavy atom. The van der Waals surface area contributed by atoms with E-state index in [4.69, 9.17) is 0 Å². The van der Waals surface area contributed by atoms with Gasteiger partial charge in [0.05, 0.1) is 11.0 Å². The van der Waals surface area contributed by atoms with E-state index in [0.29, 0.717) is 12.3 Å². The van der Waals surface area contributed by atoms with E-state index in [9.17, 15) is 14.4 Å². The van der Waals surface area contributed by atoms with Crippen molar-refractivity contribution in [3.63, 3.8) is 0 Å². The lowest BCUT2D eigenvalue weighted by atomic mass is 9.83. The number of fused-ring (bicyclic) bond motifs is 1. The highest BCUT2D eigenvalue weighted by Crippen LogP contribution is 2.35. The number of aromatic nitrogens is 2. The molecule has 7 nitrogen and oxygen atoms in total. The molecule has 2 aromatic rings. The Morgan fingerprint density at radius 3 is 2.47 bits per heavy atom.